The van der Waals surface area contributed by atoms with Gasteiger partial charge in [0.15, 0.2) is 0 Å². The zero-order valence-corrected chi connectivity index (χ0v) is 15.6. The first-order valence-electron chi connectivity index (χ1n) is 8.08. The van der Waals surface area contributed by atoms with E-state index >= 15 is 0 Å². The molecule has 0 spiro atoms. The van der Waals surface area contributed by atoms with Gasteiger partial charge >= 0.3 is 0 Å². The van der Waals surface area contributed by atoms with Gasteiger partial charge in [-0.05, 0) is 31.9 Å². The van der Waals surface area contributed by atoms with Crippen LogP contribution in [0.4, 0.5) is 0 Å². The number of piperazine rings is 1. The van der Waals surface area contributed by atoms with Crippen LogP contribution in [0.3, 0.4) is 0 Å². The third kappa shape index (κ3) is 3.82. The molecule has 0 radical (unpaired) electrons. The largest absolute Gasteiger partial charge is 0.335 e. The molecular formula is C17H23N3OS2. The molecule has 0 atom stereocenters. The molecule has 1 aliphatic rings. The predicted molar refractivity (Wildman–Crippen MR) is 96.5 cm³/mol. The third-order valence-electron chi connectivity index (χ3n) is 4.26. The van der Waals surface area contributed by atoms with Crippen LogP contribution in [0.25, 0.3) is 0 Å². The summed E-state index contributed by atoms with van der Waals surface area (Å²) in [5, 5.41) is 3.25. The van der Waals surface area contributed by atoms with E-state index in [0.717, 1.165) is 54.7 Å². The van der Waals surface area contributed by atoms with Crippen LogP contribution in [0.1, 0.15) is 37.7 Å². The molecule has 1 fully saturated rings. The van der Waals surface area contributed by atoms with Crippen LogP contribution in [0.5, 0.6) is 0 Å². The van der Waals surface area contributed by atoms with Crippen LogP contribution < -0.4 is 0 Å². The van der Waals surface area contributed by atoms with Crippen molar-refractivity contribution in [3.63, 3.8) is 0 Å². The number of hydrogen-bond donors (Lipinski definition) is 0. The molecule has 3 rings (SSSR count). The van der Waals surface area contributed by atoms with Crippen molar-refractivity contribution >= 4 is 28.6 Å². The quantitative estimate of drug-likeness (QED) is 0.849. The molecule has 4 nitrogen and oxygen atoms in total. The highest BCUT2D eigenvalue weighted by Gasteiger charge is 2.24. The fourth-order valence-electron chi connectivity index (χ4n) is 2.95. The summed E-state index contributed by atoms with van der Waals surface area (Å²) in [6.07, 6.45) is 1.00. The number of aryl methyl sites for hydroxylation is 3. The van der Waals surface area contributed by atoms with Gasteiger partial charge in [0.2, 0.25) is 0 Å². The number of amides is 1. The van der Waals surface area contributed by atoms with Gasteiger partial charge in [-0.2, -0.15) is 0 Å². The van der Waals surface area contributed by atoms with Gasteiger partial charge in [0.25, 0.3) is 5.91 Å². The van der Waals surface area contributed by atoms with E-state index in [9.17, 15) is 4.79 Å². The Kier molecular flexibility index (Phi) is 5.14. The highest BCUT2D eigenvalue weighted by molar-refractivity contribution is 7.14. The lowest BCUT2D eigenvalue weighted by Crippen LogP contribution is -2.48. The van der Waals surface area contributed by atoms with Crippen LogP contribution in [-0.4, -0.2) is 46.9 Å². The SMILES string of the molecule is CCc1sc(C(=O)N2CCN(Cc3csc(C)n3)CC2)cc1C. The van der Waals surface area contributed by atoms with Gasteiger partial charge in [-0.25, -0.2) is 4.98 Å². The number of carbonyl (C=O) groups is 1. The molecule has 0 unspecified atom stereocenters. The molecular weight excluding hydrogens is 326 g/mol. The van der Waals surface area contributed by atoms with Crippen LogP contribution in [0.15, 0.2) is 11.4 Å². The molecule has 6 heteroatoms. The van der Waals surface area contributed by atoms with Gasteiger partial charge in [0.05, 0.1) is 15.6 Å². The number of carbonyl (C=O) groups excluding carboxylic acids is 1. The molecule has 3 heterocycles. The van der Waals surface area contributed by atoms with Crippen molar-refractivity contribution in [1.82, 2.24) is 14.8 Å². The maximum Gasteiger partial charge on any atom is 0.264 e. The summed E-state index contributed by atoms with van der Waals surface area (Å²) < 4.78 is 0. The molecule has 23 heavy (non-hydrogen) atoms. The highest BCUT2D eigenvalue weighted by Crippen LogP contribution is 2.24. The molecule has 0 bridgehead atoms. The third-order valence-corrected chi connectivity index (χ3v) is 6.46. The zero-order valence-electron chi connectivity index (χ0n) is 14.0. The van der Waals surface area contributed by atoms with Gasteiger partial charge in [0.1, 0.15) is 0 Å². The number of hydrogen-bond acceptors (Lipinski definition) is 5. The molecule has 1 aliphatic heterocycles. The maximum atomic E-state index is 12.7. The second-order valence-electron chi connectivity index (χ2n) is 6.00. The second-order valence-corrected chi connectivity index (χ2v) is 8.20. The Morgan fingerprint density at radius 1 is 1.26 bits per heavy atom. The average molecular weight is 350 g/mol. The van der Waals surface area contributed by atoms with E-state index in [-0.39, 0.29) is 5.91 Å². The fraction of sp³-hybridized carbons (Fsp3) is 0.529. The monoisotopic (exact) mass is 349 g/mol. The first-order valence-corrected chi connectivity index (χ1v) is 9.78. The number of rotatable bonds is 4. The Morgan fingerprint density at radius 3 is 2.57 bits per heavy atom. The van der Waals surface area contributed by atoms with E-state index in [1.54, 1.807) is 22.7 Å². The molecule has 0 saturated carbocycles. The Labute approximate surface area is 145 Å². The Hall–Kier alpha value is -1.24. The van der Waals surface area contributed by atoms with E-state index < -0.39 is 0 Å². The average Bonchev–Trinajstić information content (AvgIpc) is 3.13. The smallest absolute Gasteiger partial charge is 0.264 e. The van der Waals surface area contributed by atoms with E-state index in [1.165, 1.54) is 10.4 Å². The predicted octanol–water partition coefficient (Wildman–Crippen LogP) is 3.34. The molecule has 124 valence electrons. The van der Waals surface area contributed by atoms with Crippen molar-refractivity contribution < 1.29 is 4.79 Å². The van der Waals surface area contributed by atoms with Crippen molar-refractivity contribution in [2.24, 2.45) is 0 Å². The molecule has 0 aromatic carbocycles. The van der Waals surface area contributed by atoms with Crippen LogP contribution in [-0.2, 0) is 13.0 Å². The molecule has 2 aromatic heterocycles. The molecule has 0 aliphatic carbocycles. The second kappa shape index (κ2) is 7.11. The van der Waals surface area contributed by atoms with E-state index in [4.69, 9.17) is 0 Å². The summed E-state index contributed by atoms with van der Waals surface area (Å²) in [5.74, 6) is 0.196. The van der Waals surface area contributed by atoms with Crippen molar-refractivity contribution in [2.75, 3.05) is 26.2 Å². The number of thiophene rings is 1. The van der Waals surface area contributed by atoms with E-state index in [0.29, 0.717) is 0 Å². The zero-order chi connectivity index (χ0) is 16.4. The minimum Gasteiger partial charge on any atom is -0.335 e. The normalized spacial score (nSPS) is 16.0. The highest BCUT2D eigenvalue weighted by atomic mass is 32.1. The Bertz CT molecular complexity index is 684. The van der Waals surface area contributed by atoms with Gasteiger partial charge in [-0.15, -0.1) is 22.7 Å². The lowest BCUT2D eigenvalue weighted by Gasteiger charge is -2.34. The first-order chi connectivity index (χ1) is 11.1. The van der Waals surface area contributed by atoms with Crippen molar-refractivity contribution in [3.05, 3.63) is 37.5 Å². The topological polar surface area (TPSA) is 36.4 Å². The van der Waals surface area contributed by atoms with Gasteiger partial charge < -0.3 is 4.90 Å². The van der Waals surface area contributed by atoms with Crippen molar-refractivity contribution in [1.29, 1.82) is 0 Å². The summed E-state index contributed by atoms with van der Waals surface area (Å²) in [6, 6.07) is 2.05. The molecule has 1 saturated heterocycles. The summed E-state index contributed by atoms with van der Waals surface area (Å²) in [4.78, 5) is 23.8. The maximum absolute atomic E-state index is 12.7. The number of aromatic nitrogens is 1. The van der Waals surface area contributed by atoms with Gasteiger partial charge in [-0.3, -0.25) is 9.69 Å². The summed E-state index contributed by atoms with van der Waals surface area (Å²) in [6.45, 7) is 10.6. The molecule has 2 aromatic rings. The van der Waals surface area contributed by atoms with Gasteiger partial charge in [-0.1, -0.05) is 6.92 Å². The molecule has 1 amide bonds. The van der Waals surface area contributed by atoms with E-state index in [2.05, 4.69) is 35.2 Å². The lowest BCUT2D eigenvalue weighted by atomic mass is 10.2. The Balaban J connectivity index is 1.56. The Morgan fingerprint density at radius 2 is 2.00 bits per heavy atom. The van der Waals surface area contributed by atoms with Crippen LogP contribution in [0.2, 0.25) is 0 Å². The van der Waals surface area contributed by atoms with Crippen LogP contribution in [0, 0.1) is 13.8 Å². The van der Waals surface area contributed by atoms with Crippen molar-refractivity contribution in [2.45, 2.75) is 33.7 Å². The minimum atomic E-state index is 0.196. The summed E-state index contributed by atoms with van der Waals surface area (Å²) in [5.41, 5.74) is 2.40. The van der Waals surface area contributed by atoms with Crippen LogP contribution >= 0.6 is 22.7 Å². The lowest BCUT2D eigenvalue weighted by molar-refractivity contribution is 0.0632. The van der Waals surface area contributed by atoms with Crippen molar-refractivity contribution in [3.8, 4) is 0 Å². The fourth-order valence-corrected chi connectivity index (χ4v) is 4.64. The number of thiazole rings is 1. The first kappa shape index (κ1) is 16.6. The van der Waals surface area contributed by atoms with Gasteiger partial charge in [0, 0.05) is 43.0 Å². The standard InChI is InChI=1S/C17H23N3OS2/c1-4-15-12(2)9-16(23-15)17(21)20-7-5-19(6-8-20)10-14-11-22-13(3)18-14/h9,11H,4-8,10H2,1-3H3. The minimum absolute atomic E-state index is 0.196. The number of nitrogens with zero attached hydrogens (tertiary/aromatic N) is 3. The van der Waals surface area contributed by atoms with E-state index in [1.807, 2.05) is 11.8 Å². The summed E-state index contributed by atoms with van der Waals surface area (Å²) >= 11 is 3.35. The summed E-state index contributed by atoms with van der Waals surface area (Å²) in [7, 11) is 0. The molecule has 0 N–H and O–H groups in total.